The van der Waals surface area contributed by atoms with Crippen LogP contribution in [0.15, 0.2) is 0 Å². The smallest absolute Gasteiger partial charge is 0.318 e. The van der Waals surface area contributed by atoms with Crippen LogP contribution in [0.5, 0.6) is 0 Å². The molecule has 7 nitrogen and oxygen atoms in total. The van der Waals surface area contributed by atoms with Gasteiger partial charge >= 0.3 is 6.03 Å². The van der Waals surface area contributed by atoms with Crippen LogP contribution in [0.3, 0.4) is 0 Å². The first-order valence-corrected chi connectivity index (χ1v) is 6.02. The number of carbonyl (C=O) groups is 3. The largest absolute Gasteiger partial charge is 0.351 e. The third kappa shape index (κ3) is 3.69. The Labute approximate surface area is 105 Å². The second kappa shape index (κ2) is 6.34. The molecule has 102 valence electrons. The number of urea groups is 1. The molecule has 1 aliphatic rings. The van der Waals surface area contributed by atoms with Gasteiger partial charge in [-0.15, -0.1) is 0 Å². The van der Waals surface area contributed by atoms with Crippen LogP contribution in [0.4, 0.5) is 4.79 Å². The van der Waals surface area contributed by atoms with Crippen LogP contribution >= 0.6 is 0 Å². The van der Waals surface area contributed by atoms with Crippen LogP contribution in [0.2, 0.25) is 0 Å². The number of rotatable bonds is 4. The fourth-order valence-corrected chi connectivity index (χ4v) is 2.45. The van der Waals surface area contributed by atoms with Crippen molar-refractivity contribution in [3.05, 3.63) is 0 Å². The predicted molar refractivity (Wildman–Crippen MR) is 62.4 cm³/mol. The van der Waals surface area contributed by atoms with E-state index in [0.29, 0.717) is 17.9 Å². The molecule has 1 rings (SSSR count). The molecule has 1 aliphatic carbocycles. The Balaban J connectivity index is 2.86. The van der Waals surface area contributed by atoms with Crippen LogP contribution in [0.1, 0.15) is 38.5 Å². The van der Waals surface area contributed by atoms with Crippen LogP contribution in [-0.2, 0) is 9.59 Å². The Kier molecular flexibility index (Phi) is 5.08. The van der Waals surface area contributed by atoms with Crippen LogP contribution < -0.4 is 11.1 Å². The Morgan fingerprint density at radius 2 is 1.83 bits per heavy atom. The van der Waals surface area contributed by atoms with E-state index in [2.05, 4.69) is 5.32 Å². The van der Waals surface area contributed by atoms with Crippen molar-refractivity contribution in [1.29, 1.82) is 0 Å². The number of amides is 4. The van der Waals surface area contributed by atoms with Crippen molar-refractivity contribution in [2.45, 2.75) is 38.5 Å². The lowest BCUT2D eigenvalue weighted by atomic mass is 9.79. The topological polar surface area (TPSA) is 113 Å². The summed E-state index contributed by atoms with van der Waals surface area (Å²) < 4.78 is 0. The molecule has 0 aromatic heterocycles. The molecule has 4 N–H and O–H groups in total. The lowest BCUT2D eigenvalue weighted by Crippen LogP contribution is -2.50. The molecule has 0 aromatic carbocycles. The molecular formula is C11H19N3O4. The van der Waals surface area contributed by atoms with E-state index in [0.717, 1.165) is 25.7 Å². The van der Waals surface area contributed by atoms with Gasteiger partial charge in [0.15, 0.2) is 0 Å². The Hall–Kier alpha value is -1.63. The second-order valence-electron chi connectivity index (χ2n) is 4.72. The van der Waals surface area contributed by atoms with Crippen LogP contribution in [-0.4, -0.2) is 35.2 Å². The van der Waals surface area contributed by atoms with Crippen LogP contribution in [0.25, 0.3) is 0 Å². The first kappa shape index (κ1) is 14.4. The average molecular weight is 257 g/mol. The molecule has 0 saturated heterocycles. The highest BCUT2D eigenvalue weighted by molar-refractivity contribution is 5.96. The molecule has 1 saturated carbocycles. The van der Waals surface area contributed by atoms with Gasteiger partial charge in [0.2, 0.25) is 12.3 Å². The van der Waals surface area contributed by atoms with Gasteiger partial charge in [0.05, 0.1) is 12.0 Å². The molecule has 0 aliphatic heterocycles. The summed E-state index contributed by atoms with van der Waals surface area (Å²) in [6, 6.07) is -0.917. The zero-order valence-corrected chi connectivity index (χ0v) is 10.2. The van der Waals surface area contributed by atoms with E-state index in [9.17, 15) is 19.6 Å². The number of nitrogens with two attached hydrogens (primary N) is 1. The summed E-state index contributed by atoms with van der Waals surface area (Å²) in [5, 5.41) is 11.8. The van der Waals surface area contributed by atoms with Crippen molar-refractivity contribution in [2.75, 3.05) is 6.54 Å². The number of hydroxylamine groups is 2. The normalized spacial score (nSPS) is 18.5. The molecule has 0 aromatic rings. The van der Waals surface area contributed by atoms with E-state index in [-0.39, 0.29) is 13.0 Å². The average Bonchev–Trinajstić information content (AvgIpc) is 2.54. The number of imide groups is 1. The van der Waals surface area contributed by atoms with E-state index in [1.807, 2.05) is 0 Å². The van der Waals surface area contributed by atoms with Crippen LogP contribution in [0, 0.1) is 5.41 Å². The van der Waals surface area contributed by atoms with Gasteiger partial charge < -0.3 is 5.73 Å². The number of carbonyl (C=O) groups excluding carboxylic acids is 3. The lowest BCUT2D eigenvalue weighted by Gasteiger charge is -2.32. The summed E-state index contributed by atoms with van der Waals surface area (Å²) in [7, 11) is 0. The summed E-state index contributed by atoms with van der Waals surface area (Å²) in [5.41, 5.74) is 4.02. The van der Waals surface area contributed by atoms with Crippen molar-refractivity contribution >= 4 is 18.3 Å². The van der Waals surface area contributed by atoms with Gasteiger partial charge in [-0.2, -0.15) is 0 Å². The first-order chi connectivity index (χ1) is 8.50. The molecule has 0 radical (unpaired) electrons. The predicted octanol–water partition coefficient (Wildman–Crippen LogP) is 0.369. The Bertz CT molecular complexity index is 324. The third-order valence-corrected chi connectivity index (χ3v) is 3.37. The maximum atomic E-state index is 12.1. The third-order valence-electron chi connectivity index (χ3n) is 3.37. The zero-order chi connectivity index (χ0) is 13.6. The highest BCUT2D eigenvalue weighted by Crippen LogP contribution is 2.35. The number of nitrogens with zero attached hydrogens (tertiary/aromatic N) is 1. The summed E-state index contributed by atoms with van der Waals surface area (Å²) in [6.45, 7) is -0.115. The lowest BCUT2D eigenvalue weighted by molar-refractivity contribution is -0.161. The molecule has 0 spiro atoms. The van der Waals surface area contributed by atoms with Gasteiger partial charge in [0.25, 0.3) is 0 Å². The number of primary amides is 1. The number of nitrogens with one attached hydrogen (secondary N) is 1. The summed E-state index contributed by atoms with van der Waals surface area (Å²) in [5.74, 6) is -0.516. The molecule has 4 amide bonds. The SMILES string of the molecule is NC(=O)NC(=O)C1(CN(O)C=O)CCCCCC1. The van der Waals surface area contributed by atoms with E-state index in [4.69, 9.17) is 5.73 Å². The molecule has 18 heavy (non-hydrogen) atoms. The fraction of sp³-hybridized carbons (Fsp3) is 0.727. The highest BCUT2D eigenvalue weighted by atomic mass is 16.5. The molecule has 0 heterocycles. The second-order valence-corrected chi connectivity index (χ2v) is 4.72. The minimum Gasteiger partial charge on any atom is -0.351 e. The van der Waals surface area contributed by atoms with Crippen molar-refractivity contribution in [2.24, 2.45) is 11.1 Å². The fourth-order valence-electron chi connectivity index (χ4n) is 2.45. The quantitative estimate of drug-likeness (QED) is 0.292. The van der Waals surface area contributed by atoms with Gasteiger partial charge in [-0.05, 0) is 12.8 Å². The van der Waals surface area contributed by atoms with Gasteiger partial charge in [-0.3, -0.25) is 20.1 Å². The molecular weight excluding hydrogens is 238 g/mol. The van der Waals surface area contributed by atoms with Gasteiger partial charge in [0.1, 0.15) is 0 Å². The van der Waals surface area contributed by atoms with E-state index in [1.165, 1.54) is 0 Å². The van der Waals surface area contributed by atoms with Crippen molar-refractivity contribution in [3.8, 4) is 0 Å². The molecule has 0 bridgehead atoms. The van der Waals surface area contributed by atoms with Gasteiger partial charge in [0, 0.05) is 0 Å². The van der Waals surface area contributed by atoms with Crippen molar-refractivity contribution in [3.63, 3.8) is 0 Å². The van der Waals surface area contributed by atoms with Crippen molar-refractivity contribution in [1.82, 2.24) is 10.4 Å². The van der Waals surface area contributed by atoms with E-state index < -0.39 is 17.4 Å². The number of hydrogen-bond acceptors (Lipinski definition) is 4. The standard InChI is InChI=1S/C11H19N3O4/c12-10(17)13-9(16)11(7-14(18)8-15)5-3-1-2-4-6-11/h8,18H,1-7H2,(H3,12,13,16,17). The molecule has 0 atom stereocenters. The minimum atomic E-state index is -0.929. The van der Waals surface area contributed by atoms with Gasteiger partial charge in [-0.1, -0.05) is 25.7 Å². The summed E-state index contributed by atoms with van der Waals surface area (Å²) in [6.07, 6.45) is 4.94. The zero-order valence-electron chi connectivity index (χ0n) is 10.2. The maximum Gasteiger partial charge on any atom is 0.318 e. The van der Waals surface area contributed by atoms with E-state index in [1.54, 1.807) is 0 Å². The molecule has 0 unspecified atom stereocenters. The summed E-state index contributed by atoms with van der Waals surface area (Å²) in [4.78, 5) is 33.4. The van der Waals surface area contributed by atoms with Crippen molar-refractivity contribution < 1.29 is 19.6 Å². The number of hydrogen-bond donors (Lipinski definition) is 3. The molecule has 7 heteroatoms. The first-order valence-electron chi connectivity index (χ1n) is 6.02. The maximum absolute atomic E-state index is 12.1. The minimum absolute atomic E-state index is 0.115. The highest BCUT2D eigenvalue weighted by Gasteiger charge is 2.40. The van der Waals surface area contributed by atoms with Gasteiger partial charge in [-0.25, -0.2) is 9.86 Å². The summed E-state index contributed by atoms with van der Waals surface area (Å²) >= 11 is 0. The molecule has 1 fully saturated rings. The Morgan fingerprint density at radius 1 is 1.28 bits per heavy atom. The Morgan fingerprint density at radius 3 is 2.28 bits per heavy atom. The van der Waals surface area contributed by atoms with E-state index >= 15 is 0 Å². The monoisotopic (exact) mass is 257 g/mol.